The summed E-state index contributed by atoms with van der Waals surface area (Å²) in [7, 11) is 4.44. The lowest BCUT2D eigenvalue weighted by molar-refractivity contribution is -0.884. The Labute approximate surface area is 161 Å². The highest BCUT2D eigenvalue weighted by atomic mass is 32.1. The van der Waals surface area contributed by atoms with E-state index in [4.69, 9.17) is 4.74 Å². The van der Waals surface area contributed by atoms with Crippen molar-refractivity contribution >= 4 is 34.9 Å². The highest BCUT2D eigenvalue weighted by molar-refractivity contribution is 7.10. The number of amides is 1. The van der Waals surface area contributed by atoms with Gasteiger partial charge < -0.3 is 19.7 Å². The minimum atomic E-state index is -0.600. The molecule has 2 rings (SSSR count). The number of carbonyl (C=O) groups is 3. The minimum absolute atomic E-state index is 0.172. The number of carbonyl (C=O) groups excluding carboxylic acids is 3. The summed E-state index contributed by atoms with van der Waals surface area (Å²) in [5.41, 5.74) is 1.83. The van der Waals surface area contributed by atoms with E-state index in [1.165, 1.54) is 42.9 Å². The van der Waals surface area contributed by atoms with Gasteiger partial charge in [0.1, 0.15) is 6.54 Å². The van der Waals surface area contributed by atoms with Crippen LogP contribution in [-0.4, -0.2) is 45.7 Å². The number of quaternary nitrogens is 1. The third kappa shape index (κ3) is 5.38. The molecule has 0 aliphatic rings. The second-order valence-corrected chi connectivity index (χ2v) is 7.13. The molecule has 1 amide bonds. The first-order valence-electron chi connectivity index (χ1n) is 8.30. The van der Waals surface area contributed by atoms with Gasteiger partial charge in [0.05, 0.1) is 43.0 Å². The van der Waals surface area contributed by atoms with Crippen LogP contribution in [0, 0.1) is 6.92 Å². The monoisotopic (exact) mass is 391 g/mol. The highest BCUT2D eigenvalue weighted by Gasteiger charge is 2.19. The lowest BCUT2D eigenvalue weighted by Crippen LogP contribution is -3.08. The van der Waals surface area contributed by atoms with Crippen molar-refractivity contribution in [2.24, 2.45) is 0 Å². The van der Waals surface area contributed by atoms with E-state index in [0.717, 1.165) is 11.4 Å². The summed E-state index contributed by atoms with van der Waals surface area (Å²) in [5.74, 6) is -1.43. The Balaban J connectivity index is 2.13. The Hall–Kier alpha value is -2.71. The van der Waals surface area contributed by atoms with E-state index < -0.39 is 11.9 Å². The first kappa shape index (κ1) is 20.6. The number of rotatable bonds is 7. The second kappa shape index (κ2) is 9.29. The predicted molar refractivity (Wildman–Crippen MR) is 102 cm³/mol. The van der Waals surface area contributed by atoms with Crippen molar-refractivity contribution in [3.63, 3.8) is 0 Å². The Bertz CT molecular complexity index is 846. The van der Waals surface area contributed by atoms with Crippen molar-refractivity contribution in [1.82, 2.24) is 0 Å². The number of benzene rings is 1. The molecule has 0 bridgehead atoms. The van der Waals surface area contributed by atoms with Crippen molar-refractivity contribution in [3.8, 4) is 0 Å². The van der Waals surface area contributed by atoms with Crippen LogP contribution >= 0.6 is 11.3 Å². The Morgan fingerprint density at radius 1 is 1.11 bits per heavy atom. The van der Waals surface area contributed by atoms with Crippen LogP contribution in [0.25, 0.3) is 0 Å². The van der Waals surface area contributed by atoms with E-state index in [2.05, 4.69) is 10.1 Å². The Kier molecular flexibility index (Phi) is 7.09. The van der Waals surface area contributed by atoms with Gasteiger partial charge in [0.25, 0.3) is 5.91 Å². The number of likely N-dealkylation sites (N-methyl/N-ethyl adjacent to an activating group) is 1. The zero-order chi connectivity index (χ0) is 20.0. The van der Waals surface area contributed by atoms with Crippen molar-refractivity contribution in [2.75, 3.05) is 33.1 Å². The first-order valence-corrected chi connectivity index (χ1v) is 9.18. The van der Waals surface area contributed by atoms with Crippen LogP contribution < -0.4 is 10.2 Å². The molecule has 8 heteroatoms. The quantitative estimate of drug-likeness (QED) is 0.695. The number of aryl methyl sites for hydroxylation is 1. The SMILES string of the molecule is COC(=O)c1ccc(C(=O)OC)c(NC(=O)C[NH+](C)Cc2sccc2C)c1. The molecule has 0 aliphatic heterocycles. The molecule has 0 spiro atoms. The van der Waals surface area contributed by atoms with Gasteiger partial charge >= 0.3 is 11.9 Å². The minimum Gasteiger partial charge on any atom is -0.465 e. The van der Waals surface area contributed by atoms with Crippen LogP contribution in [0.3, 0.4) is 0 Å². The molecule has 0 aliphatic carbocycles. The largest absolute Gasteiger partial charge is 0.465 e. The van der Waals surface area contributed by atoms with Gasteiger partial charge in [0, 0.05) is 0 Å². The molecule has 0 saturated carbocycles. The van der Waals surface area contributed by atoms with Gasteiger partial charge in [-0.25, -0.2) is 9.59 Å². The summed E-state index contributed by atoms with van der Waals surface area (Å²) in [4.78, 5) is 38.4. The van der Waals surface area contributed by atoms with Gasteiger partial charge in [0.15, 0.2) is 6.54 Å². The van der Waals surface area contributed by atoms with Crippen LogP contribution in [-0.2, 0) is 20.8 Å². The number of ether oxygens (including phenoxy) is 2. The lowest BCUT2D eigenvalue weighted by atomic mass is 10.1. The fourth-order valence-electron chi connectivity index (χ4n) is 2.57. The van der Waals surface area contributed by atoms with Crippen LogP contribution in [0.4, 0.5) is 5.69 Å². The molecule has 1 unspecified atom stereocenters. The van der Waals surface area contributed by atoms with Gasteiger partial charge in [-0.3, -0.25) is 4.79 Å². The number of hydrogen-bond acceptors (Lipinski definition) is 6. The Morgan fingerprint density at radius 2 is 1.81 bits per heavy atom. The molecular formula is C19H23N2O5S+. The van der Waals surface area contributed by atoms with E-state index in [-0.39, 0.29) is 29.3 Å². The number of nitrogens with one attached hydrogen (secondary N) is 2. The van der Waals surface area contributed by atoms with Crippen molar-refractivity contribution in [2.45, 2.75) is 13.5 Å². The fraction of sp³-hybridized carbons (Fsp3) is 0.316. The summed E-state index contributed by atoms with van der Waals surface area (Å²) >= 11 is 1.66. The standard InChI is InChI=1S/C19H22N2O5S/c1-12-7-8-27-16(12)10-21(2)11-17(22)20-15-9-13(18(23)25-3)5-6-14(15)19(24)26-4/h5-9H,10-11H2,1-4H3,(H,20,22)/p+1. The van der Waals surface area contributed by atoms with Crippen LogP contribution in [0.2, 0.25) is 0 Å². The smallest absolute Gasteiger partial charge is 0.339 e. The number of methoxy groups -OCH3 is 2. The molecule has 1 heterocycles. The van der Waals surface area contributed by atoms with Gasteiger partial charge in [-0.1, -0.05) is 0 Å². The van der Waals surface area contributed by atoms with Crippen molar-refractivity contribution in [1.29, 1.82) is 0 Å². The average molecular weight is 391 g/mol. The maximum absolute atomic E-state index is 12.5. The first-order chi connectivity index (χ1) is 12.8. The maximum atomic E-state index is 12.5. The zero-order valence-electron chi connectivity index (χ0n) is 15.8. The molecule has 2 aromatic rings. The molecule has 2 N–H and O–H groups in total. The highest BCUT2D eigenvalue weighted by Crippen LogP contribution is 2.19. The van der Waals surface area contributed by atoms with Crippen LogP contribution in [0.15, 0.2) is 29.6 Å². The summed E-state index contributed by atoms with van der Waals surface area (Å²) in [5, 5.41) is 4.73. The number of anilines is 1. The van der Waals surface area contributed by atoms with Crippen molar-refractivity contribution in [3.05, 3.63) is 51.2 Å². The summed E-state index contributed by atoms with van der Waals surface area (Å²) in [6.45, 7) is 2.98. The third-order valence-corrected chi connectivity index (χ3v) is 5.04. The number of thiophene rings is 1. The molecule has 0 fully saturated rings. The van der Waals surface area contributed by atoms with Crippen molar-refractivity contribution < 1.29 is 28.8 Å². The summed E-state index contributed by atoms with van der Waals surface area (Å²) in [6.07, 6.45) is 0. The van der Waals surface area contributed by atoms with E-state index in [1.54, 1.807) is 11.3 Å². The fourth-order valence-corrected chi connectivity index (χ4v) is 3.59. The predicted octanol–water partition coefficient (Wildman–Crippen LogP) is 1.28. The molecule has 144 valence electrons. The van der Waals surface area contributed by atoms with Gasteiger partial charge in [0.2, 0.25) is 0 Å². The van der Waals surface area contributed by atoms with Gasteiger partial charge in [-0.2, -0.15) is 0 Å². The molecular weight excluding hydrogens is 368 g/mol. The Morgan fingerprint density at radius 3 is 2.41 bits per heavy atom. The molecule has 1 aromatic carbocycles. The topological polar surface area (TPSA) is 86.1 Å². The molecule has 0 saturated heterocycles. The zero-order valence-corrected chi connectivity index (χ0v) is 16.6. The normalized spacial score (nSPS) is 11.6. The van der Waals surface area contributed by atoms with E-state index in [1.807, 2.05) is 25.4 Å². The van der Waals surface area contributed by atoms with E-state index in [0.29, 0.717) is 0 Å². The second-order valence-electron chi connectivity index (χ2n) is 6.13. The van der Waals surface area contributed by atoms with Crippen LogP contribution in [0.5, 0.6) is 0 Å². The number of hydrogen-bond donors (Lipinski definition) is 2. The van der Waals surface area contributed by atoms with Gasteiger partial charge in [-0.15, -0.1) is 11.3 Å². The van der Waals surface area contributed by atoms with E-state index in [9.17, 15) is 14.4 Å². The molecule has 7 nitrogen and oxygen atoms in total. The lowest BCUT2D eigenvalue weighted by Gasteiger charge is -2.15. The summed E-state index contributed by atoms with van der Waals surface area (Å²) in [6, 6.07) is 6.34. The molecule has 0 radical (unpaired) electrons. The van der Waals surface area contributed by atoms with Crippen LogP contribution in [0.1, 0.15) is 31.2 Å². The van der Waals surface area contributed by atoms with E-state index >= 15 is 0 Å². The molecule has 1 aromatic heterocycles. The maximum Gasteiger partial charge on any atom is 0.339 e. The summed E-state index contributed by atoms with van der Waals surface area (Å²) < 4.78 is 9.43. The van der Waals surface area contributed by atoms with Gasteiger partial charge in [-0.05, 0) is 42.1 Å². The average Bonchev–Trinajstić information content (AvgIpc) is 3.04. The molecule has 1 atom stereocenters. The third-order valence-electron chi connectivity index (χ3n) is 4.01. The number of esters is 2. The molecule has 27 heavy (non-hydrogen) atoms.